The maximum Gasteiger partial charge on any atom is 2.00 e. The monoisotopic (exact) mass is 336 g/mol. The van der Waals surface area contributed by atoms with Crippen molar-refractivity contribution in [2.75, 3.05) is 0 Å². The first kappa shape index (κ1) is 16.1. The van der Waals surface area contributed by atoms with Gasteiger partial charge in [-0.25, -0.2) is 0 Å². The van der Waals surface area contributed by atoms with E-state index in [9.17, 15) is 0 Å². The van der Waals surface area contributed by atoms with Crippen LogP contribution in [0, 0.1) is 0 Å². The smallest absolute Gasteiger partial charge is 0.897 e. The Balaban J connectivity index is -0.0000000800. The Hall–Kier alpha value is 2.29. The minimum atomic E-state index is -4.78. The Morgan fingerprint density at radius 2 is 1.00 bits per heavy atom. The van der Waals surface area contributed by atoms with Gasteiger partial charge in [0.15, 0.2) is 0 Å². The standard InChI is InChI=1S/2Cd.O3SSi/c;;1-5(2,3)4/q2*+2;-4. The maximum atomic E-state index is 8.95. The normalized spacial score (nSPS) is 8.57. The molecule has 0 heterocycles. The van der Waals surface area contributed by atoms with Gasteiger partial charge in [0, 0.05) is 0 Å². The molecule has 0 bridgehead atoms. The van der Waals surface area contributed by atoms with Gasteiger partial charge in [-0.15, -0.1) is 0 Å². The molecule has 0 N–H and O–H groups in total. The second kappa shape index (κ2) is 6.41. The minimum Gasteiger partial charge on any atom is -0.897 e. The van der Waals surface area contributed by atoms with Gasteiger partial charge in [-0.3, -0.25) is 0 Å². The first-order chi connectivity index (χ1) is 2.00. The molecule has 0 saturated heterocycles. The molecular weight excluding hydrogens is 333 g/mol. The fourth-order valence-electron chi connectivity index (χ4n) is 0. The van der Waals surface area contributed by atoms with E-state index in [1.807, 2.05) is 0 Å². The Morgan fingerprint density at radius 1 is 1.00 bits per heavy atom. The topological polar surface area (TPSA) is 69.2 Å². The van der Waals surface area contributed by atoms with Crippen molar-refractivity contribution in [3.8, 4) is 0 Å². The summed E-state index contributed by atoms with van der Waals surface area (Å²) in [5, 5.41) is 0. The molecule has 32 valence electrons. The van der Waals surface area contributed by atoms with Gasteiger partial charge in [-0.1, -0.05) is 0 Å². The first-order valence-electron chi connectivity index (χ1n) is 0.816. The largest absolute Gasteiger partial charge is 2.00 e. The molecule has 0 aliphatic rings. The van der Waals surface area contributed by atoms with Gasteiger partial charge in [-0.05, 0) is 0 Å². The zero-order valence-corrected chi connectivity index (χ0v) is 13.4. The fourth-order valence-corrected chi connectivity index (χ4v) is 0. The van der Waals surface area contributed by atoms with Crippen LogP contribution < -0.4 is 14.4 Å². The molecule has 0 unspecified atom stereocenters. The summed E-state index contributed by atoms with van der Waals surface area (Å²) in [7, 11) is -4.78. The Bertz CT molecular complexity index is 28.4. The predicted octanol–water partition coefficient (Wildman–Crippen LogP) is -3.96. The average Bonchev–Trinajstić information content (AvgIpc) is 0.722. The van der Waals surface area contributed by atoms with Crippen molar-refractivity contribution in [2.45, 2.75) is 0 Å². The second-order valence-corrected chi connectivity index (χ2v) is 3.00. The molecule has 0 aromatic rings. The maximum absolute atomic E-state index is 8.95. The van der Waals surface area contributed by atoms with E-state index in [4.69, 9.17) is 14.4 Å². The summed E-state index contributed by atoms with van der Waals surface area (Å²) < 4.78 is 0. The van der Waals surface area contributed by atoms with Gasteiger partial charge in [-0.2, -0.15) is 0 Å². The van der Waals surface area contributed by atoms with Crippen LogP contribution in [0.2, 0.25) is 0 Å². The van der Waals surface area contributed by atoms with Crippen molar-refractivity contribution < 1.29 is 69.0 Å². The van der Waals surface area contributed by atoms with Crippen LogP contribution in [0.25, 0.3) is 0 Å². The molecule has 0 fully saturated rings. The van der Waals surface area contributed by atoms with Crippen LogP contribution in [0.15, 0.2) is 0 Å². The molecule has 0 rings (SSSR count). The molecule has 0 radical (unpaired) electrons. The third-order valence-electron chi connectivity index (χ3n) is 0. The van der Waals surface area contributed by atoms with Crippen molar-refractivity contribution >= 4 is 20.0 Å². The summed E-state index contributed by atoms with van der Waals surface area (Å²) in [6.45, 7) is 0. The van der Waals surface area contributed by atoms with Crippen molar-refractivity contribution in [3.63, 3.8) is 0 Å². The molecule has 7 heteroatoms. The van der Waals surface area contributed by atoms with Crippen molar-refractivity contribution in [3.05, 3.63) is 0 Å². The van der Waals surface area contributed by atoms with E-state index in [1.54, 1.807) is 0 Å². The van der Waals surface area contributed by atoms with Crippen LogP contribution in [0.5, 0.6) is 0 Å². The van der Waals surface area contributed by atoms with Crippen LogP contribution in [0.3, 0.4) is 0 Å². The summed E-state index contributed by atoms with van der Waals surface area (Å²) in [5.74, 6) is 0. The van der Waals surface area contributed by atoms with Crippen molar-refractivity contribution in [2.24, 2.45) is 0 Å². The van der Waals surface area contributed by atoms with Crippen molar-refractivity contribution in [1.82, 2.24) is 0 Å². The van der Waals surface area contributed by atoms with Crippen LogP contribution in [0.4, 0.5) is 0 Å². The number of rotatable bonds is 0. The zero-order chi connectivity index (χ0) is 4.50. The Labute approximate surface area is 87.9 Å². The molecule has 0 amide bonds. The van der Waals surface area contributed by atoms with E-state index in [0.717, 1.165) is 0 Å². The van der Waals surface area contributed by atoms with Crippen molar-refractivity contribution in [1.29, 1.82) is 0 Å². The molecule has 0 spiro atoms. The van der Waals surface area contributed by atoms with Gasteiger partial charge in [0.25, 0.3) is 0 Å². The summed E-state index contributed by atoms with van der Waals surface area (Å²) in [6, 6.07) is 0. The molecule has 0 atom stereocenters. The van der Waals surface area contributed by atoms with Crippen LogP contribution in [-0.2, 0) is 66.7 Å². The quantitative estimate of drug-likeness (QED) is 0.335. The Kier molecular flexibility index (Phi) is 14.8. The summed E-state index contributed by atoms with van der Waals surface area (Å²) in [4.78, 5) is 26.8. The van der Waals surface area contributed by atoms with E-state index in [-0.39, 0.29) is 54.6 Å². The molecule has 0 saturated carbocycles. The minimum absolute atomic E-state index is 0. The van der Waals surface area contributed by atoms with E-state index in [0.29, 0.717) is 0 Å². The van der Waals surface area contributed by atoms with Gasteiger partial charge in [0.2, 0.25) is 0 Å². The van der Waals surface area contributed by atoms with E-state index < -0.39 is 7.95 Å². The first-order valence-corrected chi connectivity index (χ1v) is 3.67. The summed E-state index contributed by atoms with van der Waals surface area (Å²) >= 11 is 3.30. The van der Waals surface area contributed by atoms with Gasteiger partial charge >= 0.3 is 54.6 Å². The molecular formula is Cd2O3SSi. The SMILES string of the molecule is [Cd+2].[Cd+2].[O-][Si]([O-])([O-])[S-]. The number of hydrogen-bond donors (Lipinski definition) is 0. The van der Waals surface area contributed by atoms with E-state index in [2.05, 4.69) is 12.1 Å². The van der Waals surface area contributed by atoms with Gasteiger partial charge < -0.3 is 34.4 Å². The van der Waals surface area contributed by atoms with Crippen LogP contribution in [0.1, 0.15) is 0 Å². The molecule has 0 aliphatic carbocycles. The molecule has 0 aromatic carbocycles. The van der Waals surface area contributed by atoms with Gasteiger partial charge in [0.05, 0.1) is 0 Å². The predicted molar refractivity (Wildman–Crippen MR) is 13.1 cm³/mol. The molecule has 0 aliphatic heterocycles. The van der Waals surface area contributed by atoms with Gasteiger partial charge in [0.1, 0.15) is 0 Å². The van der Waals surface area contributed by atoms with Crippen LogP contribution in [-0.4, -0.2) is 7.95 Å². The average molecular weight is 333 g/mol. The molecule has 3 nitrogen and oxygen atoms in total. The third kappa shape index (κ3) is 62.5. The molecule has 0 aromatic heterocycles. The third-order valence-corrected chi connectivity index (χ3v) is 0. The molecule has 7 heavy (non-hydrogen) atoms. The van der Waals surface area contributed by atoms with E-state index in [1.165, 1.54) is 0 Å². The fraction of sp³-hybridized carbons (Fsp3) is 0. The summed E-state index contributed by atoms with van der Waals surface area (Å²) in [6.07, 6.45) is 0. The Morgan fingerprint density at radius 3 is 1.00 bits per heavy atom. The van der Waals surface area contributed by atoms with E-state index >= 15 is 0 Å². The number of hydrogen-bond acceptors (Lipinski definition) is 4. The summed E-state index contributed by atoms with van der Waals surface area (Å²) in [5.41, 5.74) is 0. The zero-order valence-electron chi connectivity index (χ0n) is 3.55. The second-order valence-electron chi connectivity index (χ2n) is 0.500. The van der Waals surface area contributed by atoms with Crippen LogP contribution >= 0.6 is 0 Å².